The van der Waals surface area contributed by atoms with E-state index in [1.165, 1.54) is 16.4 Å². The standard InChI is InChI=1S/C15H20IN3O/c1-15(9-20-10-15)19-12-3-4-13(19)8-18(7-12)14-5-2-11(16)6-17-14/h2,5-6,12-13H,3-4,7-10H2,1H3. The summed E-state index contributed by atoms with van der Waals surface area (Å²) in [7, 11) is 0. The number of rotatable bonds is 2. The van der Waals surface area contributed by atoms with Crippen LogP contribution in [-0.2, 0) is 4.74 Å². The fourth-order valence-electron chi connectivity index (χ4n) is 4.07. The summed E-state index contributed by atoms with van der Waals surface area (Å²) in [6.07, 6.45) is 4.60. The second-order valence-electron chi connectivity index (χ2n) is 6.52. The van der Waals surface area contributed by atoms with E-state index >= 15 is 0 Å². The number of halogens is 1. The van der Waals surface area contributed by atoms with Gasteiger partial charge < -0.3 is 9.64 Å². The molecule has 3 aliphatic heterocycles. The molecule has 0 saturated carbocycles. The Bertz CT molecular complexity index is 488. The lowest BCUT2D eigenvalue weighted by Gasteiger charge is -2.54. The quantitative estimate of drug-likeness (QED) is 0.730. The second kappa shape index (κ2) is 4.81. The van der Waals surface area contributed by atoms with Gasteiger partial charge in [-0.2, -0.15) is 0 Å². The number of pyridine rings is 1. The first kappa shape index (κ1) is 13.3. The molecule has 0 aliphatic carbocycles. The van der Waals surface area contributed by atoms with E-state index in [4.69, 9.17) is 4.74 Å². The highest BCUT2D eigenvalue weighted by Gasteiger charge is 2.51. The number of ether oxygens (including phenoxy) is 1. The molecule has 1 aromatic heterocycles. The highest BCUT2D eigenvalue weighted by Crippen LogP contribution is 2.40. The van der Waals surface area contributed by atoms with Gasteiger partial charge in [0.1, 0.15) is 5.82 Å². The van der Waals surface area contributed by atoms with Gasteiger partial charge in [-0.15, -0.1) is 0 Å². The van der Waals surface area contributed by atoms with Crippen molar-refractivity contribution >= 4 is 28.4 Å². The van der Waals surface area contributed by atoms with Crippen LogP contribution in [-0.4, -0.2) is 53.8 Å². The maximum Gasteiger partial charge on any atom is 0.128 e. The van der Waals surface area contributed by atoms with Crippen LogP contribution in [0.1, 0.15) is 19.8 Å². The predicted octanol–water partition coefficient (Wildman–Crippen LogP) is 2.13. The molecular formula is C15H20IN3O. The van der Waals surface area contributed by atoms with Gasteiger partial charge in [0.15, 0.2) is 0 Å². The molecule has 2 atom stereocenters. The highest BCUT2D eigenvalue weighted by molar-refractivity contribution is 14.1. The van der Waals surface area contributed by atoms with Gasteiger partial charge in [-0.25, -0.2) is 4.98 Å². The first-order valence-electron chi connectivity index (χ1n) is 7.38. The molecule has 2 unspecified atom stereocenters. The number of anilines is 1. The summed E-state index contributed by atoms with van der Waals surface area (Å²) in [5.74, 6) is 1.14. The molecule has 20 heavy (non-hydrogen) atoms. The lowest BCUT2D eigenvalue weighted by atomic mass is 9.94. The zero-order valence-electron chi connectivity index (χ0n) is 11.8. The van der Waals surface area contributed by atoms with E-state index in [1.807, 2.05) is 6.20 Å². The number of fused-ring (bicyclic) bond motifs is 2. The minimum Gasteiger partial charge on any atom is -0.377 e. The first-order valence-corrected chi connectivity index (χ1v) is 8.46. The zero-order valence-corrected chi connectivity index (χ0v) is 13.9. The van der Waals surface area contributed by atoms with Crippen molar-refractivity contribution in [2.24, 2.45) is 0 Å². The molecule has 0 spiro atoms. The molecule has 4 rings (SSSR count). The molecule has 4 nitrogen and oxygen atoms in total. The average molecular weight is 385 g/mol. The van der Waals surface area contributed by atoms with Gasteiger partial charge in [0.25, 0.3) is 0 Å². The largest absolute Gasteiger partial charge is 0.377 e. The Balaban J connectivity index is 1.54. The number of aromatic nitrogens is 1. The average Bonchev–Trinajstić information content (AvgIpc) is 2.68. The summed E-state index contributed by atoms with van der Waals surface area (Å²) >= 11 is 2.31. The lowest BCUT2D eigenvalue weighted by molar-refractivity contribution is -0.149. The van der Waals surface area contributed by atoms with E-state index < -0.39 is 0 Å². The number of hydrogen-bond donors (Lipinski definition) is 0. The number of nitrogens with zero attached hydrogens (tertiary/aromatic N) is 3. The Labute approximate surface area is 133 Å². The van der Waals surface area contributed by atoms with Gasteiger partial charge in [-0.1, -0.05) is 0 Å². The molecule has 3 fully saturated rings. The van der Waals surface area contributed by atoms with Crippen LogP contribution in [0.2, 0.25) is 0 Å². The first-order chi connectivity index (χ1) is 9.66. The molecule has 5 heteroatoms. The van der Waals surface area contributed by atoms with Crippen LogP contribution in [0, 0.1) is 3.57 Å². The minimum absolute atomic E-state index is 0.289. The van der Waals surface area contributed by atoms with E-state index in [9.17, 15) is 0 Å². The van der Waals surface area contributed by atoms with Crippen molar-refractivity contribution in [1.82, 2.24) is 9.88 Å². The summed E-state index contributed by atoms with van der Waals surface area (Å²) < 4.78 is 6.67. The molecule has 0 N–H and O–H groups in total. The van der Waals surface area contributed by atoms with Crippen molar-refractivity contribution in [3.8, 4) is 0 Å². The topological polar surface area (TPSA) is 28.6 Å². The Kier molecular flexibility index (Phi) is 3.19. The summed E-state index contributed by atoms with van der Waals surface area (Å²) in [4.78, 5) is 9.81. The maximum atomic E-state index is 5.47. The van der Waals surface area contributed by atoms with Crippen molar-refractivity contribution in [1.29, 1.82) is 0 Å². The van der Waals surface area contributed by atoms with Crippen molar-refractivity contribution in [3.05, 3.63) is 21.9 Å². The Morgan fingerprint density at radius 2 is 1.95 bits per heavy atom. The molecule has 2 bridgehead atoms. The predicted molar refractivity (Wildman–Crippen MR) is 87.0 cm³/mol. The van der Waals surface area contributed by atoms with Crippen LogP contribution < -0.4 is 4.90 Å². The molecule has 108 valence electrons. The third kappa shape index (κ3) is 2.05. The maximum absolute atomic E-state index is 5.47. The molecular weight excluding hydrogens is 365 g/mol. The molecule has 3 saturated heterocycles. The smallest absolute Gasteiger partial charge is 0.128 e. The fraction of sp³-hybridized carbons (Fsp3) is 0.667. The van der Waals surface area contributed by atoms with Crippen molar-refractivity contribution < 1.29 is 4.74 Å². The summed E-state index contributed by atoms with van der Waals surface area (Å²) in [5.41, 5.74) is 0.289. The number of hydrogen-bond acceptors (Lipinski definition) is 4. The summed E-state index contributed by atoms with van der Waals surface area (Å²) in [6, 6.07) is 5.65. The van der Waals surface area contributed by atoms with Gasteiger partial charge in [0.2, 0.25) is 0 Å². The molecule has 3 aliphatic rings. The fourth-order valence-corrected chi connectivity index (χ4v) is 4.39. The van der Waals surface area contributed by atoms with Gasteiger partial charge in [0.05, 0.1) is 18.8 Å². The SMILES string of the molecule is CC1(N2C3CCC2CN(c2ccc(I)cn2)C3)COC1. The molecule has 0 radical (unpaired) electrons. The van der Waals surface area contributed by atoms with Crippen LogP contribution in [0.5, 0.6) is 0 Å². The Morgan fingerprint density at radius 3 is 2.45 bits per heavy atom. The number of piperazine rings is 1. The molecule has 0 amide bonds. The van der Waals surface area contributed by atoms with Gasteiger partial charge >= 0.3 is 0 Å². The zero-order chi connectivity index (χ0) is 13.7. The van der Waals surface area contributed by atoms with Gasteiger partial charge in [-0.3, -0.25) is 4.90 Å². The third-order valence-electron chi connectivity index (χ3n) is 4.97. The monoisotopic (exact) mass is 385 g/mol. The second-order valence-corrected chi connectivity index (χ2v) is 7.77. The van der Waals surface area contributed by atoms with Gasteiger partial charge in [-0.05, 0) is 54.5 Å². The Hall–Kier alpha value is -0.400. The van der Waals surface area contributed by atoms with E-state index in [0.29, 0.717) is 12.1 Å². The van der Waals surface area contributed by atoms with Crippen LogP contribution >= 0.6 is 22.6 Å². The van der Waals surface area contributed by atoms with Crippen molar-refractivity contribution in [3.63, 3.8) is 0 Å². The summed E-state index contributed by atoms with van der Waals surface area (Å²) in [5, 5.41) is 0. The van der Waals surface area contributed by atoms with E-state index in [2.05, 4.69) is 56.4 Å². The summed E-state index contributed by atoms with van der Waals surface area (Å²) in [6.45, 7) is 6.39. The van der Waals surface area contributed by atoms with Crippen LogP contribution in [0.15, 0.2) is 18.3 Å². The van der Waals surface area contributed by atoms with E-state index in [-0.39, 0.29) is 5.54 Å². The van der Waals surface area contributed by atoms with Crippen molar-refractivity contribution in [2.75, 3.05) is 31.2 Å². The normalized spacial score (nSPS) is 32.2. The van der Waals surface area contributed by atoms with Crippen LogP contribution in [0.25, 0.3) is 0 Å². The van der Waals surface area contributed by atoms with Crippen LogP contribution in [0.3, 0.4) is 0 Å². The van der Waals surface area contributed by atoms with E-state index in [1.54, 1.807) is 0 Å². The van der Waals surface area contributed by atoms with Gasteiger partial charge in [0, 0.05) is 34.9 Å². The van der Waals surface area contributed by atoms with E-state index in [0.717, 1.165) is 32.1 Å². The van der Waals surface area contributed by atoms with Crippen LogP contribution in [0.4, 0.5) is 5.82 Å². The minimum atomic E-state index is 0.289. The Morgan fingerprint density at radius 1 is 1.25 bits per heavy atom. The highest BCUT2D eigenvalue weighted by atomic mass is 127. The molecule has 1 aromatic rings. The lowest BCUT2D eigenvalue weighted by Crippen LogP contribution is -2.68. The molecule has 4 heterocycles. The van der Waals surface area contributed by atoms with Crippen molar-refractivity contribution in [2.45, 2.75) is 37.4 Å². The third-order valence-corrected chi connectivity index (χ3v) is 5.61. The molecule has 0 aromatic carbocycles.